The molecule has 2 heterocycles. The molecule has 1 saturated carbocycles. The second-order valence-electron chi connectivity index (χ2n) is 19.8. The lowest BCUT2D eigenvalue weighted by Gasteiger charge is -2.41. The van der Waals surface area contributed by atoms with E-state index in [0.29, 0.717) is 58.3 Å². The molecule has 7 unspecified atom stereocenters. The number of carboxylic acid groups (broad SMARTS) is 1. The van der Waals surface area contributed by atoms with Crippen molar-refractivity contribution < 1.29 is 48.2 Å². The van der Waals surface area contributed by atoms with Gasteiger partial charge in [0.05, 0.1) is 49.3 Å². The van der Waals surface area contributed by atoms with Crippen LogP contribution in [-0.2, 0) is 43.1 Å². The summed E-state index contributed by atoms with van der Waals surface area (Å²) in [6.45, 7) is 15.6. The van der Waals surface area contributed by atoms with E-state index in [1.807, 2.05) is 83.8 Å². The minimum atomic E-state index is -1.15. The van der Waals surface area contributed by atoms with Crippen LogP contribution in [0.15, 0.2) is 30.3 Å². The van der Waals surface area contributed by atoms with E-state index in [1.54, 1.807) is 38.0 Å². The van der Waals surface area contributed by atoms with Crippen LogP contribution in [0, 0.1) is 23.7 Å². The normalized spacial score (nSPS) is 22.9. The number of rotatable bonds is 26. The van der Waals surface area contributed by atoms with Crippen LogP contribution < -0.4 is 10.6 Å². The maximum Gasteiger partial charge on any atom is 0.303 e. The summed E-state index contributed by atoms with van der Waals surface area (Å²) < 4.78 is 12.2. The lowest BCUT2D eigenvalue weighted by atomic mass is 9.89. The smallest absolute Gasteiger partial charge is 0.303 e. The highest BCUT2D eigenvalue weighted by Gasteiger charge is 2.64. The number of nitrogens with zero attached hydrogens (tertiary/aromatic N) is 4. The number of hydrogen-bond acceptors (Lipinski definition) is 10. The Kier molecular flexibility index (Phi) is 20.9. The lowest BCUT2D eigenvalue weighted by molar-refractivity contribution is -0.200. The van der Waals surface area contributed by atoms with Crippen LogP contribution in [0.3, 0.4) is 0 Å². The van der Waals surface area contributed by atoms with Crippen LogP contribution in [-0.4, -0.2) is 157 Å². The molecule has 3 N–H and O–H groups in total. The number of hydroxylamine groups is 2. The molecule has 5 amide bonds. The van der Waals surface area contributed by atoms with Gasteiger partial charge < -0.3 is 35.0 Å². The predicted molar refractivity (Wildman–Crippen MR) is 252 cm³/mol. The summed E-state index contributed by atoms with van der Waals surface area (Å²) in [5, 5.41) is 16.6. The Hall–Kier alpha value is -4.12. The van der Waals surface area contributed by atoms with Gasteiger partial charge in [-0.1, -0.05) is 91.6 Å². The summed E-state index contributed by atoms with van der Waals surface area (Å²) >= 11 is 0. The molecule has 3 aliphatic rings. The van der Waals surface area contributed by atoms with E-state index in [4.69, 9.17) is 19.4 Å². The van der Waals surface area contributed by atoms with Gasteiger partial charge in [-0.3, -0.25) is 38.5 Å². The summed E-state index contributed by atoms with van der Waals surface area (Å²) in [5.41, 5.74) is -0.183. The highest BCUT2D eigenvalue weighted by molar-refractivity contribution is 5.96. The van der Waals surface area contributed by atoms with Crippen LogP contribution >= 0.6 is 0 Å². The SMILES string of the molecule is CCC(C)C(C(CC(=O)N1CCC[C@H]1C(OC)C(C)C(=O)N[C@@]1(C(=O)N2CCCCO2)C[C@@H]1c1ccccc1)OC)N(C)C(=O)C(NC(=O)C(C(C)C)N(C)CCCCCC(=O)O)C(C)C. The first-order valence-electron chi connectivity index (χ1n) is 24.5. The minimum absolute atomic E-state index is 0.0196. The van der Waals surface area contributed by atoms with E-state index < -0.39 is 53.8 Å². The second-order valence-corrected chi connectivity index (χ2v) is 19.8. The number of unbranched alkanes of at least 4 members (excludes halogenated alkanes) is 2. The Morgan fingerprint density at radius 3 is 2.17 bits per heavy atom. The quantitative estimate of drug-likeness (QED) is 0.103. The number of likely N-dealkylation sites (N-methyl/N-ethyl adjacent to an activating group) is 2. The molecule has 372 valence electrons. The van der Waals surface area contributed by atoms with Crippen LogP contribution in [0.2, 0.25) is 0 Å². The van der Waals surface area contributed by atoms with Crippen molar-refractivity contribution in [2.75, 3.05) is 54.6 Å². The third-order valence-electron chi connectivity index (χ3n) is 14.4. The van der Waals surface area contributed by atoms with Crippen molar-refractivity contribution >= 4 is 35.5 Å². The molecule has 0 spiro atoms. The molecule has 1 aliphatic carbocycles. The van der Waals surface area contributed by atoms with Crippen LogP contribution in [0.4, 0.5) is 0 Å². The highest BCUT2D eigenvalue weighted by Crippen LogP contribution is 2.53. The summed E-state index contributed by atoms with van der Waals surface area (Å²) in [6, 6.07) is 7.45. The second kappa shape index (κ2) is 25.3. The van der Waals surface area contributed by atoms with Gasteiger partial charge in [-0.15, -0.1) is 0 Å². The fourth-order valence-corrected chi connectivity index (χ4v) is 10.3. The van der Waals surface area contributed by atoms with Gasteiger partial charge in [-0.25, -0.2) is 5.06 Å². The van der Waals surface area contributed by atoms with Gasteiger partial charge in [0.25, 0.3) is 5.91 Å². The van der Waals surface area contributed by atoms with Crippen LogP contribution in [0.25, 0.3) is 0 Å². The van der Waals surface area contributed by atoms with Gasteiger partial charge in [0.15, 0.2) is 0 Å². The third-order valence-corrected chi connectivity index (χ3v) is 14.4. The van der Waals surface area contributed by atoms with Gasteiger partial charge >= 0.3 is 5.97 Å². The highest BCUT2D eigenvalue weighted by atomic mass is 16.7. The van der Waals surface area contributed by atoms with Gasteiger partial charge in [0.2, 0.25) is 23.6 Å². The van der Waals surface area contributed by atoms with E-state index in [9.17, 15) is 28.8 Å². The van der Waals surface area contributed by atoms with E-state index >= 15 is 0 Å². The Bertz CT molecular complexity index is 1760. The Labute approximate surface area is 394 Å². The van der Waals surface area contributed by atoms with Crippen molar-refractivity contribution in [3.05, 3.63) is 35.9 Å². The fourth-order valence-electron chi connectivity index (χ4n) is 10.3. The molecule has 16 heteroatoms. The number of aliphatic carboxylic acids is 1. The Morgan fingerprint density at radius 2 is 1.59 bits per heavy atom. The lowest BCUT2D eigenvalue weighted by Crippen LogP contribution is -2.60. The third kappa shape index (κ3) is 13.5. The summed E-state index contributed by atoms with van der Waals surface area (Å²) in [6.07, 6.45) is 4.98. The number of ether oxygens (including phenoxy) is 2. The zero-order valence-corrected chi connectivity index (χ0v) is 41.8. The zero-order valence-electron chi connectivity index (χ0n) is 41.8. The molecule has 1 aromatic rings. The first kappa shape index (κ1) is 54.5. The standard InChI is InChI=1S/C50H82N6O10/c1-12-34(6)44(54(9)48(62)42(32(2)3)51-47(61)43(33(4)5)53(8)26-18-14-17-25-41(58)59)39(64-10)30-40(57)55-27-21-24-38(55)45(65-11)35(7)46(60)52-50(49(63)56-28-19-20-29-66-56)31-37(50)36-22-15-13-16-23-36/h13,15-16,22-23,32-35,37-39,42-45H,12,14,17-21,24-31H2,1-11H3,(H,51,61)(H,52,60)(H,58,59)/t34?,35?,37-,38+,39?,42?,43?,44?,45?,50+/m1/s1. The summed E-state index contributed by atoms with van der Waals surface area (Å²) in [5.74, 6) is -3.40. The monoisotopic (exact) mass is 927 g/mol. The predicted octanol–water partition coefficient (Wildman–Crippen LogP) is 5.25. The average Bonchev–Trinajstić information content (AvgIpc) is 3.82. The van der Waals surface area contributed by atoms with E-state index in [0.717, 1.165) is 31.2 Å². The van der Waals surface area contributed by atoms with Crippen molar-refractivity contribution in [1.82, 2.24) is 30.4 Å². The van der Waals surface area contributed by atoms with Gasteiger partial charge in [0.1, 0.15) is 11.6 Å². The number of carboxylic acids is 1. The number of methoxy groups -OCH3 is 2. The van der Waals surface area contributed by atoms with E-state index in [1.165, 1.54) is 5.06 Å². The van der Waals surface area contributed by atoms with Gasteiger partial charge in [-0.2, -0.15) is 0 Å². The number of nitrogens with one attached hydrogen (secondary N) is 2. The number of hydrogen-bond donors (Lipinski definition) is 3. The van der Waals surface area contributed by atoms with E-state index in [2.05, 4.69) is 10.6 Å². The average molecular weight is 927 g/mol. The molecule has 10 atom stereocenters. The number of carbonyl (C=O) groups excluding carboxylic acids is 5. The van der Waals surface area contributed by atoms with Crippen molar-refractivity contribution in [3.8, 4) is 0 Å². The minimum Gasteiger partial charge on any atom is -0.481 e. The van der Waals surface area contributed by atoms with Crippen LogP contribution in [0.1, 0.15) is 131 Å². The largest absolute Gasteiger partial charge is 0.481 e. The molecule has 3 fully saturated rings. The first-order valence-corrected chi connectivity index (χ1v) is 24.5. The topological polar surface area (TPSA) is 187 Å². The van der Waals surface area contributed by atoms with Gasteiger partial charge in [0, 0.05) is 46.7 Å². The molecule has 0 bridgehead atoms. The number of likely N-dealkylation sites (tertiary alicyclic amines) is 1. The molecule has 2 aliphatic heterocycles. The van der Waals surface area contributed by atoms with Crippen molar-refractivity contribution in [2.45, 2.75) is 167 Å². The van der Waals surface area contributed by atoms with Crippen molar-refractivity contribution in [2.24, 2.45) is 23.7 Å². The maximum atomic E-state index is 14.6. The molecule has 0 radical (unpaired) electrons. The number of benzene rings is 1. The van der Waals surface area contributed by atoms with Crippen molar-refractivity contribution in [1.29, 1.82) is 0 Å². The molecular weight excluding hydrogens is 845 g/mol. The Balaban J connectivity index is 1.48. The molecule has 66 heavy (non-hydrogen) atoms. The summed E-state index contributed by atoms with van der Waals surface area (Å²) in [7, 11) is 6.71. The van der Waals surface area contributed by atoms with Crippen LogP contribution in [0.5, 0.6) is 0 Å². The molecule has 1 aromatic carbocycles. The molecule has 2 saturated heterocycles. The zero-order chi connectivity index (χ0) is 48.9. The molecular formula is C50H82N6O10. The van der Waals surface area contributed by atoms with Crippen molar-refractivity contribution in [3.63, 3.8) is 0 Å². The Morgan fingerprint density at radius 1 is 0.894 bits per heavy atom. The molecule has 4 rings (SSSR count). The number of amides is 5. The number of carbonyl (C=O) groups is 6. The first-order chi connectivity index (χ1) is 31.3. The maximum absolute atomic E-state index is 14.6. The molecule has 16 nitrogen and oxygen atoms in total. The van der Waals surface area contributed by atoms with Gasteiger partial charge in [-0.05, 0) is 81.9 Å². The molecule has 0 aromatic heterocycles. The fraction of sp³-hybridized carbons (Fsp3) is 0.760. The summed E-state index contributed by atoms with van der Waals surface area (Å²) in [4.78, 5) is 93.6. The van der Waals surface area contributed by atoms with E-state index in [-0.39, 0.29) is 66.0 Å².